The lowest BCUT2D eigenvalue weighted by Crippen LogP contribution is -2.14. The average molecular weight is 251 g/mol. The summed E-state index contributed by atoms with van der Waals surface area (Å²) < 4.78 is 0. The number of hydrogen-bond acceptors (Lipinski definition) is 6. The minimum absolute atomic E-state index is 0.0997. The second-order valence-electron chi connectivity index (χ2n) is 4.88. The molecule has 0 bridgehead atoms. The van der Waals surface area contributed by atoms with Crippen molar-refractivity contribution in [1.29, 1.82) is 0 Å². The molecular formula is C11H17N5O2. The fourth-order valence-corrected chi connectivity index (χ4v) is 2.45. The van der Waals surface area contributed by atoms with E-state index in [0.717, 1.165) is 18.8 Å². The maximum Gasteiger partial charge on any atom is 0.352 e. The first-order chi connectivity index (χ1) is 8.58. The van der Waals surface area contributed by atoms with E-state index in [2.05, 4.69) is 22.2 Å². The Morgan fingerprint density at radius 3 is 2.94 bits per heavy atom. The lowest BCUT2D eigenvalue weighted by molar-refractivity contribution is -0.383. The molecule has 1 aliphatic rings. The van der Waals surface area contributed by atoms with Crippen molar-refractivity contribution in [3.63, 3.8) is 0 Å². The highest BCUT2D eigenvalue weighted by atomic mass is 16.6. The molecule has 1 heterocycles. The second-order valence-corrected chi connectivity index (χ2v) is 4.88. The highest BCUT2D eigenvalue weighted by Crippen LogP contribution is 2.32. The van der Waals surface area contributed by atoms with E-state index in [4.69, 9.17) is 5.73 Å². The molecule has 2 unspecified atom stereocenters. The molecule has 18 heavy (non-hydrogen) atoms. The molecule has 3 N–H and O–H groups in total. The van der Waals surface area contributed by atoms with E-state index < -0.39 is 4.92 Å². The van der Waals surface area contributed by atoms with Gasteiger partial charge < -0.3 is 11.1 Å². The van der Waals surface area contributed by atoms with Crippen molar-refractivity contribution >= 4 is 17.3 Å². The molecule has 7 nitrogen and oxygen atoms in total. The Balaban J connectivity index is 2.05. The Bertz CT molecular complexity index is 451. The fraction of sp³-hybridized carbons (Fsp3) is 0.636. The Morgan fingerprint density at radius 1 is 1.56 bits per heavy atom. The predicted octanol–water partition coefficient (Wildman–Crippen LogP) is 1.82. The SMILES string of the molecule is CC1CCC(CNc2ncnc(N)c2[N+](=O)[O-])C1. The molecule has 0 spiro atoms. The molecule has 2 rings (SSSR count). The molecule has 7 heteroatoms. The van der Waals surface area contributed by atoms with Crippen molar-refractivity contribution in [2.45, 2.75) is 26.2 Å². The topological polar surface area (TPSA) is 107 Å². The van der Waals surface area contributed by atoms with Crippen LogP contribution in [0.25, 0.3) is 0 Å². The van der Waals surface area contributed by atoms with Crippen LogP contribution < -0.4 is 11.1 Å². The summed E-state index contributed by atoms with van der Waals surface area (Å²) in [4.78, 5) is 17.9. The number of aromatic nitrogens is 2. The van der Waals surface area contributed by atoms with E-state index in [9.17, 15) is 10.1 Å². The van der Waals surface area contributed by atoms with Gasteiger partial charge in [0, 0.05) is 6.54 Å². The molecule has 0 radical (unpaired) electrons. The molecule has 1 aromatic heterocycles. The van der Waals surface area contributed by atoms with Crippen LogP contribution in [0, 0.1) is 22.0 Å². The largest absolute Gasteiger partial charge is 0.378 e. The molecule has 1 fully saturated rings. The van der Waals surface area contributed by atoms with Gasteiger partial charge in [-0.05, 0) is 24.7 Å². The molecule has 0 amide bonds. The molecule has 0 aromatic carbocycles. The number of anilines is 2. The van der Waals surface area contributed by atoms with Gasteiger partial charge >= 0.3 is 5.69 Å². The van der Waals surface area contributed by atoms with Gasteiger partial charge in [-0.1, -0.05) is 13.3 Å². The van der Waals surface area contributed by atoms with E-state index in [0.29, 0.717) is 12.5 Å². The van der Waals surface area contributed by atoms with Crippen LogP contribution in [0.3, 0.4) is 0 Å². The van der Waals surface area contributed by atoms with Gasteiger partial charge in [0.2, 0.25) is 11.6 Å². The van der Waals surface area contributed by atoms with Crippen LogP contribution in [-0.4, -0.2) is 21.4 Å². The van der Waals surface area contributed by atoms with E-state index in [1.807, 2.05) is 0 Å². The first-order valence-electron chi connectivity index (χ1n) is 6.06. The Morgan fingerprint density at radius 2 is 2.33 bits per heavy atom. The number of rotatable bonds is 4. The zero-order valence-electron chi connectivity index (χ0n) is 10.3. The number of nitro groups is 1. The van der Waals surface area contributed by atoms with E-state index >= 15 is 0 Å². The first-order valence-corrected chi connectivity index (χ1v) is 6.06. The first kappa shape index (κ1) is 12.5. The summed E-state index contributed by atoms with van der Waals surface area (Å²) in [7, 11) is 0. The predicted molar refractivity (Wildman–Crippen MR) is 68.1 cm³/mol. The minimum Gasteiger partial charge on any atom is -0.378 e. The molecule has 2 atom stereocenters. The Kier molecular flexibility index (Phi) is 3.59. The van der Waals surface area contributed by atoms with Gasteiger partial charge in [0.15, 0.2) is 0 Å². The highest BCUT2D eigenvalue weighted by Gasteiger charge is 2.24. The van der Waals surface area contributed by atoms with Crippen LogP contribution in [0.4, 0.5) is 17.3 Å². The van der Waals surface area contributed by atoms with Crippen molar-refractivity contribution in [1.82, 2.24) is 9.97 Å². The Hall–Kier alpha value is -1.92. The van der Waals surface area contributed by atoms with Gasteiger partial charge in [-0.3, -0.25) is 10.1 Å². The molecule has 98 valence electrons. The number of hydrogen-bond donors (Lipinski definition) is 2. The van der Waals surface area contributed by atoms with Gasteiger partial charge in [0.25, 0.3) is 0 Å². The van der Waals surface area contributed by atoms with Crippen molar-refractivity contribution in [3.8, 4) is 0 Å². The van der Waals surface area contributed by atoms with E-state index in [-0.39, 0.29) is 17.3 Å². The summed E-state index contributed by atoms with van der Waals surface area (Å²) in [6.45, 7) is 2.92. The molecule has 1 saturated carbocycles. The van der Waals surface area contributed by atoms with Gasteiger partial charge in [0.1, 0.15) is 6.33 Å². The smallest absolute Gasteiger partial charge is 0.352 e. The summed E-state index contributed by atoms with van der Waals surface area (Å²) in [5.74, 6) is 1.40. The summed E-state index contributed by atoms with van der Waals surface area (Å²) in [6.07, 6.45) is 4.77. The van der Waals surface area contributed by atoms with Gasteiger partial charge in [-0.2, -0.15) is 0 Å². The zero-order valence-corrected chi connectivity index (χ0v) is 10.3. The maximum absolute atomic E-state index is 10.9. The van der Waals surface area contributed by atoms with Crippen LogP contribution >= 0.6 is 0 Å². The molecule has 0 saturated heterocycles. The van der Waals surface area contributed by atoms with Crippen LogP contribution in [0.5, 0.6) is 0 Å². The standard InChI is InChI=1S/C11H17N5O2/c1-7-2-3-8(4-7)5-13-11-9(16(17)18)10(12)14-6-15-11/h6-8H,2-5H2,1H3,(H3,12,13,14,15). The third-order valence-electron chi connectivity index (χ3n) is 3.39. The number of nitrogens with zero attached hydrogens (tertiary/aromatic N) is 3. The van der Waals surface area contributed by atoms with Gasteiger partial charge in [0.05, 0.1) is 4.92 Å². The van der Waals surface area contributed by atoms with Gasteiger partial charge in [-0.25, -0.2) is 9.97 Å². The lowest BCUT2D eigenvalue weighted by atomic mass is 10.1. The fourth-order valence-electron chi connectivity index (χ4n) is 2.45. The van der Waals surface area contributed by atoms with Crippen LogP contribution in [0.2, 0.25) is 0 Å². The number of nitrogen functional groups attached to an aromatic ring is 1. The van der Waals surface area contributed by atoms with Gasteiger partial charge in [-0.15, -0.1) is 0 Å². The van der Waals surface area contributed by atoms with Crippen molar-refractivity contribution < 1.29 is 4.92 Å². The second kappa shape index (κ2) is 5.16. The summed E-state index contributed by atoms with van der Waals surface area (Å²) in [5.41, 5.74) is 5.26. The molecule has 1 aliphatic carbocycles. The summed E-state index contributed by atoms with van der Waals surface area (Å²) >= 11 is 0. The maximum atomic E-state index is 10.9. The van der Waals surface area contributed by atoms with Crippen LogP contribution in [-0.2, 0) is 0 Å². The van der Waals surface area contributed by atoms with Crippen molar-refractivity contribution in [2.75, 3.05) is 17.6 Å². The minimum atomic E-state index is -0.547. The number of nitrogens with one attached hydrogen (secondary N) is 1. The molecule has 0 aliphatic heterocycles. The average Bonchev–Trinajstić information content (AvgIpc) is 2.72. The summed E-state index contributed by atoms with van der Waals surface area (Å²) in [5, 5.41) is 13.9. The number of nitrogens with two attached hydrogens (primary N) is 1. The monoisotopic (exact) mass is 251 g/mol. The third-order valence-corrected chi connectivity index (χ3v) is 3.39. The lowest BCUT2D eigenvalue weighted by Gasteiger charge is -2.11. The van der Waals surface area contributed by atoms with Crippen molar-refractivity contribution in [3.05, 3.63) is 16.4 Å². The third kappa shape index (κ3) is 2.66. The molecular weight excluding hydrogens is 234 g/mol. The summed E-state index contributed by atoms with van der Waals surface area (Å²) in [6, 6.07) is 0. The molecule has 1 aromatic rings. The zero-order chi connectivity index (χ0) is 13.1. The van der Waals surface area contributed by atoms with E-state index in [1.54, 1.807) is 0 Å². The van der Waals surface area contributed by atoms with E-state index in [1.165, 1.54) is 12.7 Å². The highest BCUT2D eigenvalue weighted by molar-refractivity contribution is 5.67. The van der Waals surface area contributed by atoms with Crippen LogP contribution in [0.1, 0.15) is 26.2 Å². The normalized spacial score (nSPS) is 22.9. The quantitative estimate of drug-likeness (QED) is 0.624. The van der Waals surface area contributed by atoms with Crippen molar-refractivity contribution in [2.24, 2.45) is 11.8 Å². The van der Waals surface area contributed by atoms with Crippen LogP contribution in [0.15, 0.2) is 6.33 Å². The Labute approximate surface area is 105 Å².